The molecule has 1 aromatic carbocycles. The number of rotatable bonds is 8. The third kappa shape index (κ3) is 5.24. The molecule has 1 fully saturated rings. The molecular weight excluding hydrogens is 486 g/mol. The standard InChI is InChI=1S/C22H21Br2NO3/c1-5-8-15(6-2)27-16-10-7-9-14(11-16)18(13-25)28-21(26)20-17(12-19(23)24)22(20,3)4/h5-12,17-18,20H,1-2H2,3-4H3/b15-8+/t17-,18?,20-/m0/s1. The van der Waals surface area contributed by atoms with Crippen molar-refractivity contribution in [1.29, 1.82) is 5.26 Å². The van der Waals surface area contributed by atoms with Crippen molar-refractivity contribution in [2.24, 2.45) is 17.3 Å². The van der Waals surface area contributed by atoms with Crippen molar-refractivity contribution in [2.45, 2.75) is 20.0 Å². The molecule has 1 aliphatic rings. The topological polar surface area (TPSA) is 59.3 Å². The first-order valence-corrected chi connectivity index (χ1v) is 10.2. The SMILES string of the molecule is C=C/C=C(\C=C)Oc1cccc(C(C#N)OC(=O)[C@@H]2[C@H](C=C(Br)Br)C2(C)C)c1. The Morgan fingerprint density at radius 3 is 2.64 bits per heavy atom. The van der Waals surface area contributed by atoms with Gasteiger partial charge in [-0.2, -0.15) is 5.26 Å². The predicted molar refractivity (Wildman–Crippen MR) is 117 cm³/mol. The van der Waals surface area contributed by atoms with E-state index in [0.717, 1.165) is 3.39 Å². The van der Waals surface area contributed by atoms with E-state index in [2.05, 4.69) is 51.1 Å². The zero-order chi connectivity index (χ0) is 20.9. The predicted octanol–water partition coefficient (Wildman–Crippen LogP) is 6.33. The van der Waals surface area contributed by atoms with E-state index in [4.69, 9.17) is 9.47 Å². The average molecular weight is 507 g/mol. The van der Waals surface area contributed by atoms with Crippen LogP contribution in [0.4, 0.5) is 0 Å². The first kappa shape index (κ1) is 22.2. The fourth-order valence-electron chi connectivity index (χ4n) is 3.07. The molecule has 1 aliphatic carbocycles. The minimum atomic E-state index is -1.01. The van der Waals surface area contributed by atoms with Gasteiger partial charge in [-0.1, -0.05) is 51.3 Å². The van der Waals surface area contributed by atoms with Crippen LogP contribution in [0.1, 0.15) is 25.5 Å². The number of halogens is 2. The summed E-state index contributed by atoms with van der Waals surface area (Å²) in [5, 5.41) is 9.54. The molecule has 2 rings (SSSR count). The Balaban J connectivity index is 2.15. The van der Waals surface area contributed by atoms with Gasteiger partial charge in [-0.15, -0.1) is 0 Å². The molecule has 6 heteroatoms. The lowest BCUT2D eigenvalue weighted by molar-refractivity contribution is -0.149. The Bertz CT molecular complexity index is 876. The number of benzene rings is 1. The second-order valence-electron chi connectivity index (χ2n) is 6.91. The van der Waals surface area contributed by atoms with Gasteiger partial charge in [0.05, 0.1) is 9.31 Å². The van der Waals surface area contributed by atoms with E-state index in [0.29, 0.717) is 17.1 Å². The minimum absolute atomic E-state index is 0.0435. The number of allylic oxidation sites excluding steroid dienone is 4. The molecule has 4 nitrogen and oxygen atoms in total. The van der Waals surface area contributed by atoms with Crippen molar-refractivity contribution in [2.75, 3.05) is 0 Å². The van der Waals surface area contributed by atoms with E-state index < -0.39 is 6.10 Å². The van der Waals surface area contributed by atoms with Gasteiger partial charge in [0.15, 0.2) is 0 Å². The van der Waals surface area contributed by atoms with E-state index in [1.54, 1.807) is 42.5 Å². The number of nitrogens with zero attached hydrogens (tertiary/aromatic N) is 1. The zero-order valence-electron chi connectivity index (χ0n) is 15.7. The maximum atomic E-state index is 12.7. The van der Waals surface area contributed by atoms with Crippen LogP contribution in [0.2, 0.25) is 0 Å². The van der Waals surface area contributed by atoms with Gasteiger partial charge in [0, 0.05) is 5.56 Å². The normalized spacial score (nSPS) is 20.9. The molecule has 0 aromatic heterocycles. The van der Waals surface area contributed by atoms with E-state index in [1.165, 1.54) is 0 Å². The van der Waals surface area contributed by atoms with Gasteiger partial charge in [-0.05, 0) is 67.5 Å². The van der Waals surface area contributed by atoms with Crippen molar-refractivity contribution in [3.05, 3.63) is 76.4 Å². The molecule has 0 amide bonds. The lowest BCUT2D eigenvalue weighted by Crippen LogP contribution is -2.14. The number of hydrogen-bond donors (Lipinski definition) is 0. The van der Waals surface area contributed by atoms with Crippen molar-refractivity contribution in [1.82, 2.24) is 0 Å². The third-order valence-electron chi connectivity index (χ3n) is 4.70. The summed E-state index contributed by atoms with van der Waals surface area (Å²) in [6, 6.07) is 8.94. The molecule has 0 bridgehead atoms. The highest BCUT2D eigenvalue weighted by atomic mass is 79.9. The van der Waals surface area contributed by atoms with Crippen molar-refractivity contribution in [3.8, 4) is 11.8 Å². The number of carbonyl (C=O) groups excluding carboxylic acids is 1. The summed E-state index contributed by atoms with van der Waals surface area (Å²) < 4.78 is 12.0. The van der Waals surface area contributed by atoms with Gasteiger partial charge in [0.1, 0.15) is 17.6 Å². The summed E-state index contributed by atoms with van der Waals surface area (Å²) in [5.41, 5.74) is 0.325. The molecule has 1 unspecified atom stereocenters. The van der Waals surface area contributed by atoms with Crippen LogP contribution < -0.4 is 4.74 Å². The van der Waals surface area contributed by atoms with Crippen LogP contribution in [0.25, 0.3) is 0 Å². The first-order valence-electron chi connectivity index (χ1n) is 8.60. The number of carbonyl (C=O) groups is 1. The molecule has 0 saturated heterocycles. The summed E-state index contributed by atoms with van der Waals surface area (Å²) in [4.78, 5) is 12.7. The number of ether oxygens (including phenoxy) is 2. The maximum absolute atomic E-state index is 12.7. The average Bonchev–Trinajstić information content (AvgIpc) is 3.18. The van der Waals surface area contributed by atoms with Crippen LogP contribution in [0.3, 0.4) is 0 Å². The Hall–Kier alpha value is -2.10. The second kappa shape index (κ2) is 9.40. The summed E-state index contributed by atoms with van der Waals surface area (Å²) in [6.45, 7) is 11.3. The molecule has 3 atom stereocenters. The Morgan fingerprint density at radius 2 is 2.07 bits per heavy atom. The molecular formula is C22H21Br2NO3. The highest BCUT2D eigenvalue weighted by molar-refractivity contribution is 9.28. The third-order valence-corrected chi connectivity index (χ3v) is 5.23. The Kier molecular flexibility index (Phi) is 7.45. The second-order valence-corrected chi connectivity index (χ2v) is 9.68. The minimum Gasteiger partial charge on any atom is -0.457 e. The molecule has 0 N–H and O–H groups in total. The summed E-state index contributed by atoms with van der Waals surface area (Å²) in [7, 11) is 0. The van der Waals surface area contributed by atoms with Crippen LogP contribution >= 0.6 is 31.9 Å². The molecule has 0 spiro atoms. The Morgan fingerprint density at radius 1 is 1.36 bits per heavy atom. The molecule has 0 radical (unpaired) electrons. The van der Waals surface area contributed by atoms with E-state index in [9.17, 15) is 10.1 Å². The number of esters is 1. The van der Waals surface area contributed by atoms with Crippen LogP contribution in [-0.4, -0.2) is 5.97 Å². The van der Waals surface area contributed by atoms with E-state index in [1.807, 2.05) is 19.9 Å². The van der Waals surface area contributed by atoms with Crippen molar-refractivity contribution >= 4 is 37.8 Å². The number of nitriles is 1. The molecule has 0 aliphatic heterocycles. The summed E-state index contributed by atoms with van der Waals surface area (Å²) >= 11 is 6.66. The van der Waals surface area contributed by atoms with Gasteiger partial charge in [-0.3, -0.25) is 4.79 Å². The lowest BCUT2D eigenvalue weighted by atomic mass is 10.1. The van der Waals surface area contributed by atoms with E-state index >= 15 is 0 Å². The summed E-state index contributed by atoms with van der Waals surface area (Å²) in [6.07, 6.45) is 5.74. The van der Waals surface area contributed by atoms with E-state index in [-0.39, 0.29) is 23.2 Å². The smallest absolute Gasteiger partial charge is 0.311 e. The van der Waals surface area contributed by atoms with Crippen LogP contribution in [0.15, 0.2) is 70.9 Å². The van der Waals surface area contributed by atoms with Crippen LogP contribution in [-0.2, 0) is 9.53 Å². The first-order chi connectivity index (χ1) is 13.2. The van der Waals surface area contributed by atoms with Crippen LogP contribution in [0, 0.1) is 28.6 Å². The number of hydrogen-bond acceptors (Lipinski definition) is 4. The molecule has 1 saturated carbocycles. The maximum Gasteiger partial charge on any atom is 0.311 e. The van der Waals surface area contributed by atoms with Crippen molar-refractivity contribution < 1.29 is 14.3 Å². The highest BCUT2D eigenvalue weighted by Gasteiger charge is 2.61. The molecule has 28 heavy (non-hydrogen) atoms. The zero-order valence-corrected chi connectivity index (χ0v) is 18.9. The van der Waals surface area contributed by atoms with Gasteiger partial charge in [-0.25, -0.2) is 0 Å². The quantitative estimate of drug-likeness (QED) is 0.234. The molecule has 146 valence electrons. The van der Waals surface area contributed by atoms with Gasteiger partial charge in [0.25, 0.3) is 0 Å². The summed E-state index contributed by atoms with van der Waals surface area (Å²) in [5.74, 6) is 0.395. The Labute approximate surface area is 182 Å². The monoisotopic (exact) mass is 505 g/mol. The lowest BCUT2D eigenvalue weighted by Gasteiger charge is -2.13. The largest absolute Gasteiger partial charge is 0.457 e. The van der Waals surface area contributed by atoms with Gasteiger partial charge < -0.3 is 9.47 Å². The highest BCUT2D eigenvalue weighted by Crippen LogP contribution is 2.60. The molecule has 1 aromatic rings. The van der Waals surface area contributed by atoms with Crippen LogP contribution in [0.5, 0.6) is 5.75 Å². The van der Waals surface area contributed by atoms with Gasteiger partial charge >= 0.3 is 5.97 Å². The van der Waals surface area contributed by atoms with Gasteiger partial charge in [0.2, 0.25) is 6.10 Å². The molecule has 0 heterocycles. The fraction of sp³-hybridized carbons (Fsp3) is 0.273. The fourth-order valence-corrected chi connectivity index (χ4v) is 3.64. The van der Waals surface area contributed by atoms with Crippen molar-refractivity contribution in [3.63, 3.8) is 0 Å².